The third-order valence-electron chi connectivity index (χ3n) is 6.15. The van der Waals surface area contributed by atoms with Gasteiger partial charge in [0.1, 0.15) is 11.6 Å². The van der Waals surface area contributed by atoms with E-state index in [-0.39, 0.29) is 41.9 Å². The fraction of sp³-hybridized carbons (Fsp3) is 0.391. The average Bonchev–Trinajstić information content (AvgIpc) is 3.26. The molecule has 3 atom stereocenters. The first kappa shape index (κ1) is 19.4. The molecule has 2 aromatic carbocycles. The Balaban J connectivity index is 1.53. The van der Waals surface area contributed by atoms with Gasteiger partial charge in [0.25, 0.3) is 0 Å². The largest absolute Gasteiger partial charge is 0.496 e. The van der Waals surface area contributed by atoms with Crippen LogP contribution in [-0.4, -0.2) is 48.4 Å². The van der Waals surface area contributed by atoms with Crippen LogP contribution < -0.4 is 4.74 Å². The second-order valence-corrected chi connectivity index (χ2v) is 7.88. The van der Waals surface area contributed by atoms with Crippen molar-refractivity contribution in [2.45, 2.75) is 19.4 Å². The Bertz CT molecular complexity index is 932. The highest BCUT2D eigenvalue weighted by molar-refractivity contribution is 5.80. The molecule has 2 aliphatic heterocycles. The fourth-order valence-electron chi connectivity index (χ4n) is 4.81. The minimum Gasteiger partial charge on any atom is -0.496 e. The van der Waals surface area contributed by atoms with E-state index in [0.717, 1.165) is 11.1 Å². The van der Waals surface area contributed by atoms with Crippen molar-refractivity contribution in [1.29, 1.82) is 0 Å². The topological polar surface area (TPSA) is 49.9 Å². The molecule has 2 aromatic rings. The van der Waals surface area contributed by atoms with E-state index in [1.165, 1.54) is 12.1 Å². The molecule has 0 unspecified atom stereocenters. The maximum absolute atomic E-state index is 13.8. The highest BCUT2D eigenvalue weighted by Crippen LogP contribution is 2.45. The number of ether oxygens (including phenoxy) is 1. The SMILES string of the molecule is COc1ccccc1CC(=O)N1C[C@@H]2CN(C(C)=O)[C@H](c3cccc(F)c3)[C@@H]2C1. The number of hydrogen-bond donors (Lipinski definition) is 0. The smallest absolute Gasteiger partial charge is 0.227 e. The summed E-state index contributed by atoms with van der Waals surface area (Å²) < 4.78 is 19.2. The van der Waals surface area contributed by atoms with Crippen LogP contribution in [0, 0.1) is 17.7 Å². The Hall–Kier alpha value is -2.89. The lowest BCUT2D eigenvalue weighted by Gasteiger charge is -2.29. The summed E-state index contributed by atoms with van der Waals surface area (Å²) in [5, 5.41) is 0. The molecule has 0 N–H and O–H groups in total. The van der Waals surface area contributed by atoms with Gasteiger partial charge in [-0.05, 0) is 23.8 Å². The lowest BCUT2D eigenvalue weighted by atomic mass is 9.89. The Labute approximate surface area is 170 Å². The second-order valence-electron chi connectivity index (χ2n) is 7.88. The van der Waals surface area contributed by atoms with Crippen LogP contribution in [0.15, 0.2) is 48.5 Å². The molecule has 29 heavy (non-hydrogen) atoms. The second kappa shape index (κ2) is 7.85. The molecule has 2 fully saturated rings. The van der Waals surface area contributed by atoms with E-state index in [1.54, 1.807) is 20.1 Å². The first-order valence-corrected chi connectivity index (χ1v) is 9.90. The van der Waals surface area contributed by atoms with Crippen molar-refractivity contribution >= 4 is 11.8 Å². The van der Waals surface area contributed by atoms with E-state index >= 15 is 0 Å². The van der Waals surface area contributed by atoms with Gasteiger partial charge in [0.2, 0.25) is 11.8 Å². The van der Waals surface area contributed by atoms with Crippen molar-refractivity contribution in [2.24, 2.45) is 11.8 Å². The summed E-state index contributed by atoms with van der Waals surface area (Å²) in [5.74, 6) is 0.755. The van der Waals surface area contributed by atoms with Gasteiger partial charge < -0.3 is 14.5 Å². The summed E-state index contributed by atoms with van der Waals surface area (Å²) in [7, 11) is 1.60. The van der Waals surface area contributed by atoms with Crippen LogP contribution in [0.4, 0.5) is 4.39 Å². The van der Waals surface area contributed by atoms with Crippen molar-refractivity contribution in [3.63, 3.8) is 0 Å². The van der Waals surface area contributed by atoms with Gasteiger partial charge in [-0.25, -0.2) is 4.39 Å². The van der Waals surface area contributed by atoms with Crippen LogP contribution in [0.3, 0.4) is 0 Å². The lowest BCUT2D eigenvalue weighted by molar-refractivity contribution is -0.131. The maximum atomic E-state index is 13.8. The van der Waals surface area contributed by atoms with Gasteiger partial charge in [0, 0.05) is 44.0 Å². The van der Waals surface area contributed by atoms with E-state index in [1.807, 2.05) is 40.1 Å². The van der Waals surface area contributed by atoms with Gasteiger partial charge >= 0.3 is 0 Å². The molecule has 2 heterocycles. The van der Waals surface area contributed by atoms with Crippen molar-refractivity contribution in [3.8, 4) is 5.75 Å². The number of methoxy groups -OCH3 is 1. The monoisotopic (exact) mass is 396 g/mol. The number of para-hydroxylation sites is 1. The average molecular weight is 396 g/mol. The molecule has 2 aliphatic rings. The predicted octanol–water partition coefficient (Wildman–Crippen LogP) is 3.05. The van der Waals surface area contributed by atoms with Gasteiger partial charge in [0.15, 0.2) is 0 Å². The number of likely N-dealkylation sites (tertiary alicyclic amines) is 2. The molecule has 0 aliphatic carbocycles. The summed E-state index contributed by atoms with van der Waals surface area (Å²) in [6.07, 6.45) is 0.282. The molecule has 0 aromatic heterocycles. The van der Waals surface area contributed by atoms with Crippen LogP contribution in [-0.2, 0) is 16.0 Å². The van der Waals surface area contributed by atoms with Crippen LogP contribution in [0.2, 0.25) is 0 Å². The summed E-state index contributed by atoms with van der Waals surface area (Å²) in [6.45, 7) is 3.34. The van der Waals surface area contributed by atoms with Gasteiger partial charge in [-0.2, -0.15) is 0 Å². The summed E-state index contributed by atoms with van der Waals surface area (Å²) in [5.41, 5.74) is 1.66. The number of nitrogens with zero attached hydrogens (tertiary/aromatic N) is 2. The summed E-state index contributed by atoms with van der Waals surface area (Å²) in [6, 6.07) is 13.8. The number of rotatable bonds is 4. The Morgan fingerprint density at radius 3 is 2.62 bits per heavy atom. The Kier molecular flexibility index (Phi) is 5.26. The predicted molar refractivity (Wildman–Crippen MR) is 107 cm³/mol. The van der Waals surface area contributed by atoms with Crippen molar-refractivity contribution in [2.75, 3.05) is 26.7 Å². The van der Waals surface area contributed by atoms with Crippen molar-refractivity contribution in [3.05, 3.63) is 65.5 Å². The lowest BCUT2D eigenvalue weighted by Crippen LogP contribution is -2.37. The summed E-state index contributed by atoms with van der Waals surface area (Å²) in [4.78, 5) is 28.9. The fourth-order valence-corrected chi connectivity index (χ4v) is 4.81. The molecule has 2 amide bonds. The number of amides is 2. The van der Waals surface area contributed by atoms with E-state index in [0.29, 0.717) is 25.4 Å². The molecule has 6 heteroatoms. The normalized spacial score (nSPS) is 23.2. The van der Waals surface area contributed by atoms with E-state index < -0.39 is 0 Å². The molecule has 0 spiro atoms. The van der Waals surface area contributed by atoms with E-state index in [2.05, 4.69) is 0 Å². The molecular formula is C23H25FN2O3. The number of halogens is 1. The zero-order chi connectivity index (χ0) is 20.5. The molecule has 0 bridgehead atoms. The minimum atomic E-state index is -0.309. The molecular weight excluding hydrogens is 371 g/mol. The maximum Gasteiger partial charge on any atom is 0.227 e. The minimum absolute atomic E-state index is 0.0134. The van der Waals surface area contributed by atoms with Gasteiger partial charge in [-0.1, -0.05) is 30.3 Å². The molecule has 2 saturated heterocycles. The molecule has 152 valence electrons. The number of carbonyl (C=O) groups excluding carboxylic acids is 2. The quantitative estimate of drug-likeness (QED) is 0.798. The van der Waals surface area contributed by atoms with Crippen molar-refractivity contribution in [1.82, 2.24) is 9.80 Å². The van der Waals surface area contributed by atoms with Gasteiger partial charge in [0.05, 0.1) is 19.6 Å². The Morgan fingerprint density at radius 2 is 1.90 bits per heavy atom. The molecule has 0 radical (unpaired) electrons. The van der Waals surface area contributed by atoms with Crippen molar-refractivity contribution < 1.29 is 18.7 Å². The number of fused-ring (bicyclic) bond motifs is 1. The van der Waals surface area contributed by atoms with Gasteiger partial charge in [-0.3, -0.25) is 9.59 Å². The number of benzene rings is 2. The number of hydrogen-bond acceptors (Lipinski definition) is 3. The van der Waals surface area contributed by atoms with Crippen LogP contribution in [0.5, 0.6) is 5.75 Å². The van der Waals surface area contributed by atoms with Gasteiger partial charge in [-0.15, -0.1) is 0 Å². The summed E-state index contributed by atoms with van der Waals surface area (Å²) >= 11 is 0. The Morgan fingerprint density at radius 1 is 1.10 bits per heavy atom. The highest BCUT2D eigenvalue weighted by atomic mass is 19.1. The molecule has 4 rings (SSSR count). The highest BCUT2D eigenvalue weighted by Gasteiger charge is 2.49. The third kappa shape index (κ3) is 3.71. The third-order valence-corrected chi connectivity index (χ3v) is 6.15. The standard InChI is InChI=1S/C23H25FN2O3/c1-15(27)26-13-18-12-25(22(28)11-16-6-3-4-9-21(16)29-2)14-20(18)23(26)17-7-5-8-19(24)10-17/h3-10,18,20,23H,11-14H2,1-2H3/t18-,20-,23-/m1/s1. The van der Waals surface area contributed by atoms with E-state index in [9.17, 15) is 14.0 Å². The van der Waals surface area contributed by atoms with Crippen LogP contribution in [0.25, 0.3) is 0 Å². The molecule has 0 saturated carbocycles. The zero-order valence-electron chi connectivity index (χ0n) is 16.7. The number of carbonyl (C=O) groups is 2. The zero-order valence-corrected chi connectivity index (χ0v) is 16.7. The molecule has 5 nitrogen and oxygen atoms in total. The first-order valence-electron chi connectivity index (χ1n) is 9.90. The van der Waals surface area contributed by atoms with Crippen LogP contribution in [0.1, 0.15) is 24.1 Å². The van der Waals surface area contributed by atoms with E-state index in [4.69, 9.17) is 4.74 Å². The van der Waals surface area contributed by atoms with Crippen LogP contribution >= 0.6 is 0 Å². The first-order chi connectivity index (χ1) is 14.0.